The summed E-state index contributed by atoms with van der Waals surface area (Å²) < 4.78 is 0. The minimum absolute atomic E-state index is 0.0168. The maximum atomic E-state index is 12.1. The van der Waals surface area contributed by atoms with Crippen molar-refractivity contribution in [3.05, 3.63) is 23.8 Å². The van der Waals surface area contributed by atoms with Gasteiger partial charge in [-0.05, 0) is 31.0 Å². The molecule has 0 unspecified atom stereocenters. The molecule has 2 rings (SSSR count). The summed E-state index contributed by atoms with van der Waals surface area (Å²) in [7, 11) is 0. The Hall–Kier alpha value is -2.04. The van der Waals surface area contributed by atoms with Crippen LogP contribution in [0.4, 0.5) is 11.4 Å². The van der Waals surface area contributed by atoms with E-state index >= 15 is 0 Å². The number of rotatable bonds is 3. The number of nitrogens with one attached hydrogen (secondary N) is 1. The van der Waals surface area contributed by atoms with Crippen LogP contribution in [0.1, 0.15) is 42.5 Å². The molecule has 0 heterocycles. The zero-order chi connectivity index (χ0) is 13.8. The first-order valence-electron chi connectivity index (χ1n) is 6.51. The molecular weight excluding hydrogens is 244 g/mol. The molecule has 0 aromatic heterocycles. The number of anilines is 2. The summed E-state index contributed by atoms with van der Waals surface area (Å²) in [6, 6.07) is 4.41. The smallest absolute Gasteiger partial charge is 0.337 e. The molecule has 0 aliphatic heterocycles. The van der Waals surface area contributed by atoms with Crippen molar-refractivity contribution in [1.82, 2.24) is 0 Å². The molecule has 1 fully saturated rings. The van der Waals surface area contributed by atoms with Gasteiger partial charge in [-0.2, -0.15) is 0 Å². The number of carboxylic acids is 1. The lowest BCUT2D eigenvalue weighted by Gasteiger charge is -2.21. The van der Waals surface area contributed by atoms with Crippen molar-refractivity contribution >= 4 is 23.3 Å². The number of nitrogens with two attached hydrogens (primary N) is 1. The molecule has 5 heteroatoms. The van der Waals surface area contributed by atoms with Crippen molar-refractivity contribution in [3.63, 3.8) is 0 Å². The van der Waals surface area contributed by atoms with Crippen LogP contribution in [0.15, 0.2) is 18.2 Å². The molecular formula is C14H18N2O3. The van der Waals surface area contributed by atoms with Crippen LogP contribution in [-0.2, 0) is 4.79 Å². The molecule has 1 aromatic carbocycles. The SMILES string of the molecule is Nc1ccc(C(=O)O)c(NC(=O)C2CCCCC2)c1. The van der Waals surface area contributed by atoms with Crippen LogP contribution in [0.3, 0.4) is 0 Å². The quantitative estimate of drug-likeness (QED) is 0.730. The van der Waals surface area contributed by atoms with Crippen molar-refractivity contribution in [1.29, 1.82) is 0 Å². The highest BCUT2D eigenvalue weighted by Gasteiger charge is 2.22. The number of hydrogen-bond donors (Lipinski definition) is 3. The van der Waals surface area contributed by atoms with E-state index in [9.17, 15) is 9.59 Å². The Labute approximate surface area is 111 Å². The lowest BCUT2D eigenvalue weighted by molar-refractivity contribution is -0.120. The molecule has 4 N–H and O–H groups in total. The van der Waals surface area contributed by atoms with Crippen molar-refractivity contribution in [3.8, 4) is 0 Å². The average Bonchev–Trinajstić information content (AvgIpc) is 2.39. The summed E-state index contributed by atoms with van der Waals surface area (Å²) in [5, 5.41) is 11.8. The molecule has 1 saturated carbocycles. The van der Waals surface area contributed by atoms with Crippen molar-refractivity contribution < 1.29 is 14.7 Å². The Bertz CT molecular complexity index is 493. The van der Waals surface area contributed by atoms with Crippen LogP contribution in [0.5, 0.6) is 0 Å². The van der Waals surface area contributed by atoms with Gasteiger partial charge in [0.1, 0.15) is 0 Å². The lowest BCUT2D eigenvalue weighted by atomic mass is 9.88. The fourth-order valence-corrected chi connectivity index (χ4v) is 2.45. The van der Waals surface area contributed by atoms with Gasteiger partial charge in [0.2, 0.25) is 5.91 Å². The van der Waals surface area contributed by atoms with Crippen LogP contribution in [0, 0.1) is 5.92 Å². The van der Waals surface area contributed by atoms with Gasteiger partial charge in [0.05, 0.1) is 11.3 Å². The third-order valence-electron chi connectivity index (χ3n) is 3.51. The number of hydrogen-bond acceptors (Lipinski definition) is 3. The van der Waals surface area contributed by atoms with Crippen molar-refractivity contribution in [2.24, 2.45) is 5.92 Å². The summed E-state index contributed by atoms with van der Waals surface area (Å²) in [6.07, 6.45) is 5.02. The molecule has 0 saturated heterocycles. The van der Waals surface area contributed by atoms with E-state index in [4.69, 9.17) is 10.8 Å². The second-order valence-electron chi connectivity index (χ2n) is 4.93. The average molecular weight is 262 g/mol. The molecule has 0 bridgehead atoms. The van der Waals surface area contributed by atoms with Crippen molar-refractivity contribution in [2.75, 3.05) is 11.1 Å². The Morgan fingerprint density at radius 3 is 2.53 bits per heavy atom. The minimum atomic E-state index is -1.07. The third kappa shape index (κ3) is 3.24. The summed E-state index contributed by atoms with van der Waals surface area (Å²) in [4.78, 5) is 23.2. The van der Waals surface area contributed by atoms with E-state index in [0.29, 0.717) is 5.69 Å². The largest absolute Gasteiger partial charge is 0.478 e. The molecule has 19 heavy (non-hydrogen) atoms. The topological polar surface area (TPSA) is 92.4 Å². The number of carboxylic acid groups (broad SMARTS) is 1. The summed E-state index contributed by atoms with van der Waals surface area (Å²) in [5.41, 5.74) is 6.42. The molecule has 5 nitrogen and oxygen atoms in total. The monoisotopic (exact) mass is 262 g/mol. The highest BCUT2D eigenvalue weighted by molar-refractivity contribution is 6.01. The highest BCUT2D eigenvalue weighted by Crippen LogP contribution is 2.26. The van der Waals surface area contributed by atoms with Crippen LogP contribution in [0.25, 0.3) is 0 Å². The van der Waals surface area contributed by atoms with E-state index in [-0.39, 0.29) is 23.1 Å². The molecule has 0 atom stereocenters. The number of amides is 1. The van der Waals surface area contributed by atoms with Gasteiger partial charge in [0, 0.05) is 11.6 Å². The van der Waals surface area contributed by atoms with Gasteiger partial charge in [0.25, 0.3) is 0 Å². The molecule has 1 amide bonds. The molecule has 1 aliphatic rings. The normalized spacial score (nSPS) is 16.0. The van der Waals surface area contributed by atoms with Gasteiger partial charge < -0.3 is 16.2 Å². The van der Waals surface area contributed by atoms with E-state index in [1.54, 1.807) is 0 Å². The van der Waals surface area contributed by atoms with Crippen LogP contribution in [-0.4, -0.2) is 17.0 Å². The predicted molar refractivity (Wildman–Crippen MR) is 73.0 cm³/mol. The molecule has 1 aromatic rings. The number of aromatic carboxylic acids is 1. The van der Waals surface area contributed by atoms with Crippen LogP contribution in [0.2, 0.25) is 0 Å². The van der Waals surface area contributed by atoms with Crippen LogP contribution < -0.4 is 11.1 Å². The molecule has 1 aliphatic carbocycles. The molecule has 0 radical (unpaired) electrons. The fraction of sp³-hybridized carbons (Fsp3) is 0.429. The molecule has 102 valence electrons. The zero-order valence-corrected chi connectivity index (χ0v) is 10.7. The Kier molecular flexibility index (Phi) is 4.04. The minimum Gasteiger partial charge on any atom is -0.478 e. The number of benzene rings is 1. The Morgan fingerprint density at radius 2 is 1.89 bits per heavy atom. The number of nitrogen functional groups attached to an aromatic ring is 1. The first kappa shape index (κ1) is 13.4. The van der Waals surface area contributed by atoms with E-state index in [1.807, 2.05) is 0 Å². The highest BCUT2D eigenvalue weighted by atomic mass is 16.4. The van der Waals surface area contributed by atoms with Gasteiger partial charge in [-0.25, -0.2) is 4.79 Å². The maximum Gasteiger partial charge on any atom is 0.337 e. The molecule has 0 spiro atoms. The zero-order valence-electron chi connectivity index (χ0n) is 10.7. The first-order chi connectivity index (χ1) is 9.08. The van der Waals surface area contributed by atoms with Gasteiger partial charge in [-0.3, -0.25) is 4.79 Å². The third-order valence-corrected chi connectivity index (χ3v) is 3.51. The van der Waals surface area contributed by atoms with E-state index in [1.165, 1.54) is 24.6 Å². The van der Waals surface area contributed by atoms with E-state index in [2.05, 4.69) is 5.32 Å². The van der Waals surface area contributed by atoms with Gasteiger partial charge in [-0.15, -0.1) is 0 Å². The van der Waals surface area contributed by atoms with E-state index < -0.39 is 5.97 Å². The summed E-state index contributed by atoms with van der Waals surface area (Å²) >= 11 is 0. The second kappa shape index (κ2) is 5.73. The Balaban J connectivity index is 2.15. The standard InChI is InChI=1S/C14H18N2O3/c15-10-6-7-11(14(18)19)12(8-10)16-13(17)9-4-2-1-3-5-9/h6-9H,1-5,15H2,(H,16,17)(H,18,19). The Morgan fingerprint density at radius 1 is 1.21 bits per heavy atom. The predicted octanol–water partition coefficient (Wildman–Crippen LogP) is 2.49. The van der Waals surface area contributed by atoms with Gasteiger partial charge >= 0.3 is 5.97 Å². The van der Waals surface area contributed by atoms with Gasteiger partial charge in [-0.1, -0.05) is 19.3 Å². The van der Waals surface area contributed by atoms with Crippen LogP contribution >= 0.6 is 0 Å². The summed E-state index contributed by atoms with van der Waals surface area (Å²) in [6.45, 7) is 0. The lowest BCUT2D eigenvalue weighted by Crippen LogP contribution is -2.25. The van der Waals surface area contributed by atoms with Crippen molar-refractivity contribution in [2.45, 2.75) is 32.1 Å². The number of carbonyl (C=O) groups is 2. The first-order valence-corrected chi connectivity index (χ1v) is 6.51. The summed E-state index contributed by atoms with van der Waals surface area (Å²) in [5.74, 6) is -1.19. The second-order valence-corrected chi connectivity index (χ2v) is 4.93. The fourth-order valence-electron chi connectivity index (χ4n) is 2.45. The maximum absolute atomic E-state index is 12.1. The van der Waals surface area contributed by atoms with E-state index in [0.717, 1.165) is 25.7 Å². The number of carbonyl (C=O) groups excluding carboxylic acids is 1. The van der Waals surface area contributed by atoms with Gasteiger partial charge in [0.15, 0.2) is 0 Å².